The highest BCUT2D eigenvalue weighted by atomic mass is 79.9. The van der Waals surface area contributed by atoms with E-state index in [0.29, 0.717) is 0 Å². The fourth-order valence-corrected chi connectivity index (χ4v) is 1.44. The Hall–Kier alpha value is -0.900. The second-order valence-electron chi connectivity index (χ2n) is 2.39. The average Bonchev–Trinajstić information content (AvgIpc) is 2.05. The van der Waals surface area contributed by atoms with Crippen molar-refractivity contribution in [1.29, 1.82) is 0 Å². The van der Waals surface area contributed by atoms with Crippen molar-refractivity contribution in [3.63, 3.8) is 0 Å². The molecule has 4 heteroatoms. The zero-order chi connectivity index (χ0) is 8.97. The highest BCUT2D eigenvalue weighted by Gasteiger charge is 2.12. The van der Waals surface area contributed by atoms with Gasteiger partial charge in [0, 0.05) is 4.92 Å². The lowest BCUT2D eigenvalue weighted by atomic mass is 10.1. The first-order valence-corrected chi connectivity index (χ1v) is 4.42. The number of benzene rings is 1. The van der Waals surface area contributed by atoms with Crippen molar-refractivity contribution in [3.8, 4) is 0 Å². The van der Waals surface area contributed by atoms with Gasteiger partial charge in [0.15, 0.2) is 0 Å². The van der Waals surface area contributed by atoms with Gasteiger partial charge in [-0.05, 0) is 5.56 Å². The van der Waals surface area contributed by atoms with Crippen LogP contribution in [0.5, 0.6) is 0 Å². The van der Waals surface area contributed by atoms with Crippen molar-refractivity contribution in [2.75, 3.05) is 6.54 Å². The fourth-order valence-electron chi connectivity index (χ4n) is 0.898. The lowest BCUT2D eigenvalue weighted by Gasteiger charge is -2.03. The molecule has 1 rings (SSSR count). The quantitative estimate of drug-likeness (QED) is 0.454. The molecule has 0 aromatic heterocycles. The summed E-state index contributed by atoms with van der Waals surface area (Å²) in [6.07, 6.45) is 0. The van der Waals surface area contributed by atoms with Gasteiger partial charge < -0.3 is 0 Å². The second kappa shape index (κ2) is 4.21. The van der Waals surface area contributed by atoms with Gasteiger partial charge in [-0.2, -0.15) is 0 Å². The van der Waals surface area contributed by atoms with Crippen LogP contribution in [0.4, 0.5) is 0 Å². The molecular formula is C8H8BrNO2. The van der Waals surface area contributed by atoms with Gasteiger partial charge in [-0.25, -0.2) is 0 Å². The lowest BCUT2D eigenvalue weighted by molar-refractivity contribution is -0.479. The van der Waals surface area contributed by atoms with Crippen molar-refractivity contribution >= 4 is 15.9 Å². The van der Waals surface area contributed by atoms with E-state index in [2.05, 4.69) is 15.9 Å². The van der Waals surface area contributed by atoms with E-state index in [4.69, 9.17) is 0 Å². The average molecular weight is 230 g/mol. The van der Waals surface area contributed by atoms with E-state index in [-0.39, 0.29) is 16.3 Å². The summed E-state index contributed by atoms with van der Waals surface area (Å²) >= 11 is 3.24. The Bertz CT molecular complexity index is 263. The van der Waals surface area contributed by atoms with Crippen LogP contribution < -0.4 is 0 Å². The smallest absolute Gasteiger partial charge is 0.220 e. The zero-order valence-corrected chi connectivity index (χ0v) is 7.90. The molecule has 0 aliphatic carbocycles. The predicted octanol–water partition coefficient (Wildman–Crippen LogP) is 2.40. The molecule has 0 spiro atoms. The molecule has 0 amide bonds. The highest BCUT2D eigenvalue weighted by Crippen LogP contribution is 2.21. The number of hydrogen-bond donors (Lipinski definition) is 0. The lowest BCUT2D eigenvalue weighted by Crippen LogP contribution is -2.06. The summed E-state index contributed by atoms with van der Waals surface area (Å²) in [5.41, 5.74) is 0.939. The van der Waals surface area contributed by atoms with Crippen molar-refractivity contribution < 1.29 is 4.92 Å². The van der Waals surface area contributed by atoms with Crippen molar-refractivity contribution in [1.82, 2.24) is 0 Å². The normalized spacial score (nSPS) is 12.4. The fraction of sp³-hybridized carbons (Fsp3) is 0.250. The van der Waals surface area contributed by atoms with E-state index in [9.17, 15) is 10.1 Å². The molecule has 0 aliphatic rings. The van der Waals surface area contributed by atoms with Gasteiger partial charge in [-0.3, -0.25) is 10.1 Å². The Morgan fingerprint density at radius 2 is 2.00 bits per heavy atom. The number of nitrogens with zero attached hydrogens (tertiary/aromatic N) is 1. The summed E-state index contributed by atoms with van der Waals surface area (Å²) in [7, 11) is 0. The molecule has 0 aliphatic heterocycles. The van der Waals surface area contributed by atoms with Gasteiger partial charge >= 0.3 is 0 Å². The molecule has 0 bridgehead atoms. The van der Waals surface area contributed by atoms with Crippen molar-refractivity contribution in [2.45, 2.75) is 4.83 Å². The maximum absolute atomic E-state index is 10.2. The maximum atomic E-state index is 10.2. The first kappa shape index (κ1) is 9.19. The molecular weight excluding hydrogens is 222 g/mol. The van der Waals surface area contributed by atoms with Crippen LogP contribution in [0, 0.1) is 10.1 Å². The van der Waals surface area contributed by atoms with E-state index >= 15 is 0 Å². The van der Waals surface area contributed by atoms with Crippen LogP contribution >= 0.6 is 15.9 Å². The molecule has 0 radical (unpaired) electrons. The van der Waals surface area contributed by atoms with Crippen LogP contribution in [-0.4, -0.2) is 11.5 Å². The van der Waals surface area contributed by atoms with E-state index in [1.165, 1.54) is 0 Å². The molecule has 0 N–H and O–H groups in total. The molecule has 0 saturated carbocycles. The van der Waals surface area contributed by atoms with E-state index in [1.54, 1.807) is 0 Å². The minimum atomic E-state index is -0.327. The first-order chi connectivity index (χ1) is 5.70. The molecule has 3 nitrogen and oxygen atoms in total. The third-order valence-electron chi connectivity index (χ3n) is 1.47. The Kier molecular flexibility index (Phi) is 3.22. The SMILES string of the molecule is O=[N+]([O-])CC(Br)c1ccccc1. The molecule has 64 valence electrons. The Morgan fingerprint density at radius 1 is 1.42 bits per heavy atom. The van der Waals surface area contributed by atoms with Crippen LogP contribution in [0.2, 0.25) is 0 Å². The van der Waals surface area contributed by atoms with Crippen LogP contribution in [-0.2, 0) is 0 Å². The monoisotopic (exact) mass is 229 g/mol. The number of rotatable bonds is 3. The Balaban J connectivity index is 2.65. The molecule has 1 aromatic carbocycles. The van der Waals surface area contributed by atoms with Crippen LogP contribution in [0.15, 0.2) is 30.3 Å². The second-order valence-corrected chi connectivity index (χ2v) is 3.50. The predicted molar refractivity (Wildman–Crippen MR) is 50.0 cm³/mol. The van der Waals surface area contributed by atoms with Gasteiger partial charge in [0.1, 0.15) is 4.83 Å². The number of halogens is 1. The van der Waals surface area contributed by atoms with E-state index in [1.807, 2.05) is 30.3 Å². The Morgan fingerprint density at radius 3 is 2.50 bits per heavy atom. The van der Waals surface area contributed by atoms with E-state index < -0.39 is 0 Å². The van der Waals surface area contributed by atoms with Crippen molar-refractivity contribution in [3.05, 3.63) is 46.0 Å². The summed E-state index contributed by atoms with van der Waals surface area (Å²) in [4.78, 5) is 9.65. The van der Waals surface area contributed by atoms with Crippen LogP contribution in [0.25, 0.3) is 0 Å². The summed E-state index contributed by atoms with van der Waals surface area (Å²) < 4.78 is 0. The highest BCUT2D eigenvalue weighted by molar-refractivity contribution is 9.09. The van der Waals surface area contributed by atoms with E-state index in [0.717, 1.165) is 5.56 Å². The molecule has 1 aromatic rings. The molecule has 0 heterocycles. The maximum Gasteiger partial charge on any atom is 0.220 e. The van der Waals surface area contributed by atoms with Gasteiger partial charge in [0.2, 0.25) is 6.54 Å². The van der Waals surface area contributed by atoms with Crippen molar-refractivity contribution in [2.24, 2.45) is 0 Å². The standard InChI is InChI=1S/C8H8BrNO2/c9-8(6-10(11)12)7-4-2-1-3-5-7/h1-5,8H,6H2. The summed E-state index contributed by atoms with van der Waals surface area (Å²) in [5, 5.41) is 10.2. The third-order valence-corrected chi connectivity index (χ3v) is 2.29. The van der Waals surface area contributed by atoms with Gasteiger partial charge in [-0.15, -0.1) is 0 Å². The zero-order valence-electron chi connectivity index (χ0n) is 6.31. The van der Waals surface area contributed by atoms with Gasteiger partial charge in [0.05, 0.1) is 0 Å². The third kappa shape index (κ3) is 2.62. The summed E-state index contributed by atoms with van der Waals surface area (Å²) in [6.45, 7) is -0.0794. The van der Waals surface area contributed by atoms with Crippen LogP contribution in [0.1, 0.15) is 10.4 Å². The number of nitro groups is 1. The van der Waals surface area contributed by atoms with Gasteiger partial charge in [0.25, 0.3) is 0 Å². The Labute approximate surface area is 78.7 Å². The number of hydrogen-bond acceptors (Lipinski definition) is 2. The summed E-state index contributed by atoms with van der Waals surface area (Å²) in [6, 6.07) is 9.34. The summed E-state index contributed by atoms with van der Waals surface area (Å²) in [5.74, 6) is 0. The molecule has 0 fully saturated rings. The van der Waals surface area contributed by atoms with Gasteiger partial charge in [-0.1, -0.05) is 46.3 Å². The molecule has 0 saturated heterocycles. The minimum Gasteiger partial charge on any atom is -0.264 e. The topological polar surface area (TPSA) is 43.1 Å². The minimum absolute atomic E-state index is 0.0794. The number of alkyl halides is 1. The molecule has 1 unspecified atom stereocenters. The first-order valence-electron chi connectivity index (χ1n) is 3.51. The molecule has 12 heavy (non-hydrogen) atoms. The molecule has 1 atom stereocenters. The largest absolute Gasteiger partial charge is 0.264 e. The van der Waals surface area contributed by atoms with Crippen LogP contribution in [0.3, 0.4) is 0 Å².